The highest BCUT2D eigenvalue weighted by Crippen LogP contribution is 2.21. The Hall–Kier alpha value is -1.36. The van der Waals surface area contributed by atoms with Gasteiger partial charge in [0.2, 0.25) is 0 Å². The molecule has 0 saturated heterocycles. The van der Waals surface area contributed by atoms with Gasteiger partial charge in [-0.25, -0.2) is 0 Å². The fraction of sp³-hybridized carbons (Fsp3) is 0.273. The van der Waals surface area contributed by atoms with Crippen molar-refractivity contribution in [2.24, 2.45) is 0 Å². The van der Waals surface area contributed by atoms with Crippen molar-refractivity contribution < 1.29 is 19.1 Å². The number of halogens is 1. The van der Waals surface area contributed by atoms with E-state index in [1.165, 1.54) is 7.11 Å². The lowest BCUT2D eigenvalue weighted by Gasteiger charge is -2.06. The van der Waals surface area contributed by atoms with Crippen LogP contribution in [0.1, 0.15) is 16.8 Å². The average Bonchev–Trinajstić information content (AvgIpc) is 2.31. The zero-order valence-electron chi connectivity index (χ0n) is 8.73. The van der Waals surface area contributed by atoms with E-state index in [9.17, 15) is 9.59 Å². The standard InChI is InChI=1S/C11H11BrO4/c1-15-11(14)4-5-16-9-2-3-10(12)8(6-9)7-13/h2-3,6-7H,4-5H2,1H3. The number of aldehydes is 1. The first kappa shape index (κ1) is 12.7. The SMILES string of the molecule is COC(=O)CCOc1ccc(Br)c(C=O)c1. The largest absolute Gasteiger partial charge is 0.493 e. The van der Waals surface area contributed by atoms with Crippen molar-refractivity contribution in [1.29, 1.82) is 0 Å². The van der Waals surface area contributed by atoms with E-state index in [1.54, 1.807) is 18.2 Å². The Kier molecular flexibility index (Phi) is 4.98. The number of ether oxygens (including phenoxy) is 2. The maximum atomic E-state index is 10.8. The van der Waals surface area contributed by atoms with Crippen molar-refractivity contribution in [3.63, 3.8) is 0 Å². The summed E-state index contributed by atoms with van der Waals surface area (Å²) in [6, 6.07) is 5.04. The number of esters is 1. The number of methoxy groups -OCH3 is 1. The van der Waals surface area contributed by atoms with Crippen LogP contribution in [0.3, 0.4) is 0 Å². The smallest absolute Gasteiger partial charge is 0.308 e. The summed E-state index contributed by atoms with van der Waals surface area (Å²) in [7, 11) is 1.33. The van der Waals surface area contributed by atoms with Crippen molar-refractivity contribution in [3.05, 3.63) is 28.2 Å². The molecule has 0 atom stereocenters. The van der Waals surface area contributed by atoms with E-state index in [0.29, 0.717) is 15.8 Å². The zero-order valence-corrected chi connectivity index (χ0v) is 10.3. The van der Waals surface area contributed by atoms with Crippen molar-refractivity contribution in [2.75, 3.05) is 13.7 Å². The molecule has 86 valence electrons. The van der Waals surface area contributed by atoms with E-state index in [1.807, 2.05) is 0 Å². The maximum absolute atomic E-state index is 10.8. The molecule has 0 bridgehead atoms. The first-order chi connectivity index (χ1) is 7.67. The molecule has 1 rings (SSSR count). The summed E-state index contributed by atoms with van der Waals surface area (Å²) in [6.45, 7) is 0.229. The monoisotopic (exact) mass is 286 g/mol. The molecule has 5 heteroatoms. The van der Waals surface area contributed by atoms with Crippen LogP contribution < -0.4 is 4.74 Å². The number of benzene rings is 1. The molecule has 0 aliphatic carbocycles. The normalized spacial score (nSPS) is 9.62. The van der Waals surface area contributed by atoms with Crippen molar-refractivity contribution >= 4 is 28.2 Å². The van der Waals surface area contributed by atoms with Gasteiger partial charge in [0.15, 0.2) is 6.29 Å². The molecular formula is C11H11BrO4. The van der Waals surface area contributed by atoms with Gasteiger partial charge in [-0.15, -0.1) is 0 Å². The molecule has 0 spiro atoms. The molecule has 16 heavy (non-hydrogen) atoms. The molecule has 0 saturated carbocycles. The van der Waals surface area contributed by atoms with Crippen molar-refractivity contribution in [2.45, 2.75) is 6.42 Å². The van der Waals surface area contributed by atoms with E-state index < -0.39 is 0 Å². The molecule has 0 aromatic heterocycles. The third-order valence-electron chi connectivity index (χ3n) is 1.90. The second-order valence-corrected chi connectivity index (χ2v) is 3.83. The van der Waals surface area contributed by atoms with Crippen molar-refractivity contribution in [3.8, 4) is 5.75 Å². The highest BCUT2D eigenvalue weighted by molar-refractivity contribution is 9.10. The molecule has 0 unspecified atom stereocenters. The summed E-state index contributed by atoms with van der Waals surface area (Å²) in [5.74, 6) is 0.224. The van der Waals surface area contributed by atoms with Gasteiger partial charge in [0, 0.05) is 10.0 Å². The minimum Gasteiger partial charge on any atom is -0.493 e. The van der Waals surface area contributed by atoms with Crippen LogP contribution in [0.5, 0.6) is 5.75 Å². The van der Waals surface area contributed by atoms with Crippen LogP contribution in [0.25, 0.3) is 0 Å². The Labute approximate surface area is 102 Å². The predicted octanol–water partition coefficient (Wildman–Crippen LogP) is 2.20. The Morgan fingerprint density at radius 3 is 2.88 bits per heavy atom. The highest BCUT2D eigenvalue weighted by atomic mass is 79.9. The Morgan fingerprint density at radius 2 is 2.25 bits per heavy atom. The lowest BCUT2D eigenvalue weighted by atomic mass is 10.2. The number of carbonyl (C=O) groups excluding carboxylic acids is 2. The summed E-state index contributed by atoms with van der Waals surface area (Å²) in [5.41, 5.74) is 0.510. The average molecular weight is 287 g/mol. The third kappa shape index (κ3) is 3.66. The van der Waals surface area contributed by atoms with Gasteiger partial charge in [0.05, 0.1) is 20.1 Å². The number of hydrogen-bond donors (Lipinski definition) is 0. The van der Waals surface area contributed by atoms with E-state index >= 15 is 0 Å². The minimum atomic E-state index is -0.326. The summed E-state index contributed by atoms with van der Waals surface area (Å²) >= 11 is 3.23. The van der Waals surface area contributed by atoms with E-state index in [-0.39, 0.29) is 19.0 Å². The number of hydrogen-bond acceptors (Lipinski definition) is 4. The van der Waals surface area contributed by atoms with Gasteiger partial charge in [-0.05, 0) is 18.2 Å². The van der Waals surface area contributed by atoms with Crippen LogP contribution in [-0.4, -0.2) is 26.0 Å². The molecule has 1 aromatic carbocycles. The summed E-state index contributed by atoms with van der Waals surface area (Å²) in [6.07, 6.45) is 0.917. The molecule has 0 aliphatic heterocycles. The van der Waals surface area contributed by atoms with Crippen LogP contribution >= 0.6 is 15.9 Å². The Bertz CT molecular complexity index is 390. The number of carbonyl (C=O) groups is 2. The fourth-order valence-electron chi connectivity index (χ4n) is 1.06. The first-order valence-corrected chi connectivity index (χ1v) is 5.41. The molecule has 0 aliphatic rings. The van der Waals surface area contributed by atoms with Crippen LogP contribution in [-0.2, 0) is 9.53 Å². The number of rotatable bonds is 5. The van der Waals surface area contributed by atoms with Gasteiger partial charge in [-0.3, -0.25) is 9.59 Å². The molecule has 0 heterocycles. The minimum absolute atomic E-state index is 0.184. The molecule has 4 nitrogen and oxygen atoms in total. The first-order valence-electron chi connectivity index (χ1n) is 4.61. The quantitative estimate of drug-likeness (QED) is 0.615. The lowest BCUT2D eigenvalue weighted by Crippen LogP contribution is -2.07. The second kappa shape index (κ2) is 6.27. The summed E-state index contributed by atoms with van der Waals surface area (Å²) in [5, 5.41) is 0. The van der Waals surface area contributed by atoms with E-state index in [4.69, 9.17) is 4.74 Å². The molecular weight excluding hydrogens is 276 g/mol. The highest BCUT2D eigenvalue weighted by Gasteiger charge is 2.03. The van der Waals surface area contributed by atoms with Crippen LogP contribution in [0.4, 0.5) is 0 Å². The molecule has 0 radical (unpaired) electrons. The lowest BCUT2D eigenvalue weighted by molar-refractivity contribution is -0.141. The van der Waals surface area contributed by atoms with E-state index in [0.717, 1.165) is 6.29 Å². The molecule has 0 N–H and O–H groups in total. The Balaban J connectivity index is 2.54. The van der Waals surface area contributed by atoms with Gasteiger partial charge < -0.3 is 9.47 Å². The van der Waals surface area contributed by atoms with Crippen LogP contribution in [0.2, 0.25) is 0 Å². The van der Waals surface area contributed by atoms with Crippen LogP contribution in [0.15, 0.2) is 22.7 Å². The topological polar surface area (TPSA) is 52.6 Å². The molecule has 0 fully saturated rings. The summed E-state index contributed by atoms with van der Waals surface area (Å²) < 4.78 is 10.5. The summed E-state index contributed by atoms with van der Waals surface area (Å²) in [4.78, 5) is 21.5. The Morgan fingerprint density at radius 1 is 1.50 bits per heavy atom. The van der Waals surface area contributed by atoms with Gasteiger partial charge >= 0.3 is 5.97 Å². The predicted molar refractivity (Wildman–Crippen MR) is 61.7 cm³/mol. The zero-order chi connectivity index (χ0) is 12.0. The maximum Gasteiger partial charge on any atom is 0.308 e. The van der Waals surface area contributed by atoms with Gasteiger partial charge in [-0.2, -0.15) is 0 Å². The third-order valence-corrected chi connectivity index (χ3v) is 2.62. The van der Waals surface area contributed by atoms with Crippen molar-refractivity contribution in [1.82, 2.24) is 0 Å². The fourth-order valence-corrected chi connectivity index (χ4v) is 1.40. The molecule has 0 amide bonds. The van der Waals surface area contributed by atoms with E-state index in [2.05, 4.69) is 20.7 Å². The molecule has 1 aromatic rings. The van der Waals surface area contributed by atoms with Gasteiger partial charge in [0.25, 0.3) is 0 Å². The van der Waals surface area contributed by atoms with Gasteiger partial charge in [0.1, 0.15) is 5.75 Å². The van der Waals surface area contributed by atoms with Crippen LogP contribution in [0, 0.1) is 0 Å². The second-order valence-electron chi connectivity index (χ2n) is 2.98. The van der Waals surface area contributed by atoms with Gasteiger partial charge in [-0.1, -0.05) is 15.9 Å².